The first-order valence-electron chi connectivity index (χ1n) is 8.16. The van der Waals surface area contributed by atoms with Gasteiger partial charge in [0.1, 0.15) is 5.75 Å². The van der Waals surface area contributed by atoms with Crippen molar-refractivity contribution < 1.29 is 33.7 Å². The van der Waals surface area contributed by atoms with E-state index in [1.165, 1.54) is 25.3 Å². The summed E-state index contributed by atoms with van der Waals surface area (Å²) in [6.45, 7) is 0.964. The molecule has 9 heteroatoms. The van der Waals surface area contributed by atoms with Gasteiger partial charge in [-0.3, -0.25) is 9.59 Å². The molecular weight excluding hydrogens is 368 g/mol. The minimum atomic E-state index is -1.15. The summed E-state index contributed by atoms with van der Waals surface area (Å²) in [6.07, 6.45) is 0. The molecule has 0 radical (unpaired) electrons. The predicted octanol–water partition coefficient (Wildman–Crippen LogP) is 1.58. The lowest BCUT2D eigenvalue weighted by atomic mass is 10.1. The second-order valence-corrected chi connectivity index (χ2v) is 5.73. The van der Waals surface area contributed by atoms with Gasteiger partial charge in [-0.2, -0.15) is 0 Å². The Morgan fingerprint density at radius 2 is 1.79 bits per heavy atom. The molecule has 148 valence electrons. The Hall–Kier alpha value is -3.75. The number of carboxylic acid groups (broad SMARTS) is 1. The van der Waals surface area contributed by atoms with Crippen LogP contribution in [0.3, 0.4) is 0 Å². The van der Waals surface area contributed by atoms with Gasteiger partial charge >= 0.3 is 5.97 Å². The van der Waals surface area contributed by atoms with Crippen LogP contribution in [0.25, 0.3) is 0 Å². The minimum absolute atomic E-state index is 0.143. The Kier molecular flexibility index (Phi) is 6.80. The van der Waals surface area contributed by atoms with Crippen LogP contribution in [-0.2, 0) is 9.59 Å². The van der Waals surface area contributed by atoms with E-state index in [1.54, 1.807) is 25.1 Å². The first kappa shape index (κ1) is 20.6. The van der Waals surface area contributed by atoms with Gasteiger partial charge in [0.15, 0.2) is 24.7 Å². The number of carbonyl (C=O) groups excluding carboxylic acids is 2. The highest BCUT2D eigenvalue weighted by atomic mass is 16.5. The van der Waals surface area contributed by atoms with Crippen molar-refractivity contribution in [1.82, 2.24) is 0 Å². The third-order valence-electron chi connectivity index (χ3n) is 3.60. The van der Waals surface area contributed by atoms with Crippen molar-refractivity contribution >= 4 is 23.5 Å². The number of rotatable bonds is 9. The Morgan fingerprint density at radius 1 is 1.04 bits per heavy atom. The molecule has 0 aromatic heterocycles. The first-order chi connectivity index (χ1) is 13.3. The number of carboxylic acids is 1. The highest BCUT2D eigenvalue weighted by Gasteiger charge is 2.14. The number of primary amides is 1. The molecule has 28 heavy (non-hydrogen) atoms. The van der Waals surface area contributed by atoms with Crippen LogP contribution in [0.5, 0.6) is 17.2 Å². The number of hydrogen-bond donors (Lipinski definition) is 3. The number of anilines is 1. The summed E-state index contributed by atoms with van der Waals surface area (Å²) in [4.78, 5) is 34.0. The van der Waals surface area contributed by atoms with Crippen LogP contribution < -0.4 is 25.3 Å². The van der Waals surface area contributed by atoms with E-state index in [-0.39, 0.29) is 17.9 Å². The van der Waals surface area contributed by atoms with Gasteiger partial charge in [0.2, 0.25) is 0 Å². The summed E-state index contributed by atoms with van der Waals surface area (Å²) >= 11 is 0. The van der Waals surface area contributed by atoms with Gasteiger partial charge in [0, 0.05) is 11.3 Å². The van der Waals surface area contributed by atoms with Gasteiger partial charge in [-0.15, -0.1) is 0 Å². The lowest BCUT2D eigenvalue weighted by Crippen LogP contribution is -2.20. The highest BCUT2D eigenvalue weighted by molar-refractivity contribution is 6.05. The quantitative estimate of drug-likeness (QED) is 0.593. The molecule has 2 amide bonds. The number of benzene rings is 2. The van der Waals surface area contributed by atoms with E-state index < -0.39 is 24.4 Å². The van der Waals surface area contributed by atoms with Crippen molar-refractivity contribution in [2.24, 2.45) is 5.73 Å². The maximum atomic E-state index is 12.5. The lowest BCUT2D eigenvalue weighted by Gasteiger charge is -2.13. The third-order valence-corrected chi connectivity index (χ3v) is 3.60. The molecule has 0 saturated heterocycles. The fourth-order valence-electron chi connectivity index (χ4n) is 2.29. The molecule has 0 aliphatic heterocycles. The molecule has 4 N–H and O–H groups in total. The standard InChI is InChI=1S/C19H20N2O7/c1-11-7-13(27-9-17(20)22)4-5-14(11)21-19(25)12-3-6-15(26-2)16(8-12)28-10-18(23)24/h3-8H,9-10H2,1-2H3,(H2,20,22)(H,21,25)(H,23,24). The van der Waals surface area contributed by atoms with Gasteiger partial charge in [0.05, 0.1) is 7.11 Å². The Labute approximate surface area is 161 Å². The number of methoxy groups -OCH3 is 1. The van der Waals surface area contributed by atoms with Crippen molar-refractivity contribution in [3.8, 4) is 17.2 Å². The molecular formula is C19H20N2O7. The average molecular weight is 388 g/mol. The lowest BCUT2D eigenvalue weighted by molar-refractivity contribution is -0.139. The molecule has 2 aromatic carbocycles. The predicted molar refractivity (Wildman–Crippen MR) is 99.9 cm³/mol. The van der Waals surface area contributed by atoms with E-state index in [0.717, 1.165) is 0 Å². The molecule has 0 spiro atoms. The summed E-state index contributed by atoms with van der Waals surface area (Å²) in [5.74, 6) is -1.25. The molecule has 0 aliphatic carbocycles. The second kappa shape index (κ2) is 9.26. The number of carbonyl (C=O) groups is 3. The zero-order valence-corrected chi connectivity index (χ0v) is 15.4. The Balaban J connectivity index is 2.14. The van der Waals surface area contributed by atoms with Crippen LogP contribution in [0.1, 0.15) is 15.9 Å². The van der Waals surface area contributed by atoms with E-state index in [4.69, 9.17) is 25.1 Å². The van der Waals surface area contributed by atoms with Gasteiger partial charge < -0.3 is 30.4 Å². The monoisotopic (exact) mass is 388 g/mol. The number of amides is 2. The smallest absolute Gasteiger partial charge is 0.341 e. The maximum Gasteiger partial charge on any atom is 0.341 e. The van der Waals surface area contributed by atoms with Crippen LogP contribution in [-0.4, -0.2) is 43.2 Å². The number of hydrogen-bond acceptors (Lipinski definition) is 6. The van der Waals surface area contributed by atoms with Crippen molar-refractivity contribution in [3.05, 3.63) is 47.5 Å². The number of aryl methyl sites for hydroxylation is 1. The minimum Gasteiger partial charge on any atom is -0.493 e. The number of ether oxygens (including phenoxy) is 3. The van der Waals surface area contributed by atoms with E-state index in [9.17, 15) is 14.4 Å². The molecule has 9 nitrogen and oxygen atoms in total. The first-order valence-corrected chi connectivity index (χ1v) is 8.16. The van der Waals surface area contributed by atoms with Gasteiger partial charge in [-0.05, 0) is 48.9 Å². The van der Waals surface area contributed by atoms with E-state index in [0.29, 0.717) is 22.7 Å². The molecule has 0 heterocycles. The number of nitrogens with two attached hydrogens (primary N) is 1. The van der Waals surface area contributed by atoms with Crippen molar-refractivity contribution in [2.75, 3.05) is 25.6 Å². The fourth-order valence-corrected chi connectivity index (χ4v) is 2.29. The van der Waals surface area contributed by atoms with Crippen LogP contribution >= 0.6 is 0 Å². The van der Waals surface area contributed by atoms with Crippen molar-refractivity contribution in [1.29, 1.82) is 0 Å². The van der Waals surface area contributed by atoms with Gasteiger partial charge in [-0.25, -0.2) is 4.79 Å². The molecule has 2 aromatic rings. The zero-order chi connectivity index (χ0) is 20.7. The molecule has 0 atom stereocenters. The Bertz CT molecular complexity index is 896. The number of nitrogens with one attached hydrogen (secondary N) is 1. The summed E-state index contributed by atoms with van der Waals surface area (Å²) in [6, 6.07) is 9.34. The zero-order valence-electron chi connectivity index (χ0n) is 15.4. The topological polar surface area (TPSA) is 137 Å². The normalized spacial score (nSPS) is 10.1. The summed E-state index contributed by atoms with van der Waals surface area (Å²) < 4.78 is 15.5. The van der Waals surface area contributed by atoms with Crippen LogP contribution in [0.15, 0.2) is 36.4 Å². The molecule has 0 unspecified atom stereocenters. The van der Waals surface area contributed by atoms with Gasteiger partial charge in [0.25, 0.3) is 11.8 Å². The summed E-state index contributed by atoms with van der Waals surface area (Å²) in [7, 11) is 1.41. The SMILES string of the molecule is COc1ccc(C(=O)Nc2ccc(OCC(N)=O)cc2C)cc1OCC(=O)O. The van der Waals surface area contributed by atoms with Crippen LogP contribution in [0.4, 0.5) is 5.69 Å². The molecule has 0 aliphatic rings. The van der Waals surface area contributed by atoms with Gasteiger partial charge in [-0.1, -0.05) is 0 Å². The van der Waals surface area contributed by atoms with E-state index >= 15 is 0 Å². The molecule has 2 rings (SSSR count). The molecule has 0 saturated carbocycles. The fraction of sp³-hybridized carbons (Fsp3) is 0.211. The molecule has 0 bridgehead atoms. The Morgan fingerprint density at radius 3 is 2.39 bits per heavy atom. The number of aliphatic carboxylic acids is 1. The van der Waals surface area contributed by atoms with Crippen molar-refractivity contribution in [3.63, 3.8) is 0 Å². The highest BCUT2D eigenvalue weighted by Crippen LogP contribution is 2.29. The molecule has 0 fully saturated rings. The maximum absolute atomic E-state index is 12.5. The van der Waals surface area contributed by atoms with E-state index in [1.807, 2.05) is 0 Å². The third kappa shape index (κ3) is 5.63. The van der Waals surface area contributed by atoms with Crippen LogP contribution in [0, 0.1) is 6.92 Å². The second-order valence-electron chi connectivity index (χ2n) is 5.73. The van der Waals surface area contributed by atoms with Crippen molar-refractivity contribution in [2.45, 2.75) is 6.92 Å². The summed E-state index contributed by atoms with van der Waals surface area (Å²) in [5, 5.41) is 11.5. The average Bonchev–Trinajstić information content (AvgIpc) is 2.66. The summed E-state index contributed by atoms with van der Waals surface area (Å²) in [5.41, 5.74) is 6.55. The largest absolute Gasteiger partial charge is 0.493 e. The van der Waals surface area contributed by atoms with E-state index in [2.05, 4.69) is 5.32 Å². The van der Waals surface area contributed by atoms with Crippen LogP contribution in [0.2, 0.25) is 0 Å².